The average molecular weight is 350 g/mol. The number of hydrogen-bond acceptors (Lipinski definition) is 6. The molecule has 0 fully saturated rings. The van der Waals surface area contributed by atoms with E-state index < -0.39 is 24.0 Å². The van der Waals surface area contributed by atoms with Crippen LogP contribution in [0.15, 0.2) is 27.8 Å². The molecule has 0 unspecified atom stereocenters. The minimum Gasteiger partial charge on any atom is -0.464 e. The number of nitrogens with one attached hydrogen (secondary N) is 2. The van der Waals surface area contributed by atoms with Crippen molar-refractivity contribution >= 4 is 18.0 Å². The summed E-state index contributed by atoms with van der Waals surface area (Å²) in [5.41, 5.74) is 0.322. The van der Waals surface area contributed by atoms with Crippen LogP contribution in [0.1, 0.15) is 38.3 Å². The quantitative estimate of drug-likeness (QED) is 0.760. The van der Waals surface area contributed by atoms with E-state index in [1.165, 1.54) is 0 Å². The van der Waals surface area contributed by atoms with Gasteiger partial charge in [-0.3, -0.25) is 4.79 Å². The lowest BCUT2D eigenvalue weighted by atomic mass is 10.0. The topological polar surface area (TPSA) is 107 Å². The summed E-state index contributed by atoms with van der Waals surface area (Å²) in [5, 5.41) is 5.15. The highest BCUT2D eigenvalue weighted by molar-refractivity contribution is 5.95. The number of esters is 2. The van der Waals surface area contributed by atoms with Crippen LogP contribution in [0, 0.1) is 12.8 Å². The molecule has 25 heavy (non-hydrogen) atoms. The molecule has 1 aliphatic rings. The summed E-state index contributed by atoms with van der Waals surface area (Å²) in [6.45, 7) is 6.74. The summed E-state index contributed by atoms with van der Waals surface area (Å²) in [6, 6.07) is 2.05. The minimum absolute atomic E-state index is 0.146. The number of hydrogen-bond donors (Lipinski definition) is 2. The van der Waals surface area contributed by atoms with Crippen LogP contribution >= 0.6 is 0 Å². The van der Waals surface area contributed by atoms with E-state index in [0.717, 1.165) is 0 Å². The summed E-state index contributed by atoms with van der Waals surface area (Å²) >= 11 is 0. The number of furan rings is 1. The maximum Gasteiger partial charge on any atom is 0.338 e. The van der Waals surface area contributed by atoms with E-state index in [4.69, 9.17) is 13.9 Å². The highest BCUT2D eigenvalue weighted by atomic mass is 16.5. The fourth-order valence-corrected chi connectivity index (χ4v) is 2.31. The van der Waals surface area contributed by atoms with Crippen LogP contribution in [0.3, 0.4) is 0 Å². The van der Waals surface area contributed by atoms with Crippen molar-refractivity contribution in [3.63, 3.8) is 0 Å². The van der Waals surface area contributed by atoms with Crippen LogP contribution in [-0.4, -0.2) is 31.2 Å². The molecule has 0 radical (unpaired) electrons. The molecule has 0 aliphatic carbocycles. The van der Waals surface area contributed by atoms with E-state index in [-0.39, 0.29) is 30.4 Å². The van der Waals surface area contributed by atoms with Crippen molar-refractivity contribution in [1.82, 2.24) is 10.6 Å². The van der Waals surface area contributed by atoms with Gasteiger partial charge < -0.3 is 24.5 Å². The molecule has 0 spiro atoms. The van der Waals surface area contributed by atoms with Gasteiger partial charge in [0.25, 0.3) is 0 Å². The summed E-state index contributed by atoms with van der Waals surface area (Å²) in [7, 11) is 0. The molecule has 2 heterocycles. The third kappa shape index (κ3) is 4.40. The maximum atomic E-state index is 12.4. The van der Waals surface area contributed by atoms with E-state index in [1.807, 2.05) is 0 Å². The molecule has 2 rings (SSSR count). The molecule has 1 aromatic rings. The first kappa shape index (κ1) is 18.6. The van der Waals surface area contributed by atoms with Crippen LogP contribution < -0.4 is 10.6 Å². The Morgan fingerprint density at radius 3 is 2.56 bits per heavy atom. The van der Waals surface area contributed by atoms with Crippen LogP contribution in [0.5, 0.6) is 0 Å². The number of amides is 2. The number of urea groups is 1. The summed E-state index contributed by atoms with van der Waals surface area (Å²) in [6.07, 6.45) is 0. The van der Waals surface area contributed by atoms with Gasteiger partial charge in [0.05, 0.1) is 23.8 Å². The first-order valence-electron chi connectivity index (χ1n) is 8.04. The lowest BCUT2D eigenvalue weighted by Crippen LogP contribution is -2.47. The Hall–Kier alpha value is -2.77. The molecule has 2 N–H and O–H groups in total. The second-order valence-corrected chi connectivity index (χ2v) is 5.85. The van der Waals surface area contributed by atoms with E-state index in [0.29, 0.717) is 11.5 Å². The standard InChI is InChI=1S/C17H22N2O6/c1-5-23-16(21)13-11(8-24-15(20)9(2)3)18-17(22)19-14(13)12-7-6-10(4)25-12/h6-7,9,14H,5,8H2,1-4H3,(H2,18,19,22)/t14-/m0/s1. The Kier molecular flexibility index (Phi) is 5.84. The highest BCUT2D eigenvalue weighted by Crippen LogP contribution is 2.29. The van der Waals surface area contributed by atoms with Crippen LogP contribution in [0.2, 0.25) is 0 Å². The number of carbonyl (C=O) groups excluding carboxylic acids is 3. The van der Waals surface area contributed by atoms with Crippen molar-refractivity contribution < 1.29 is 28.3 Å². The van der Waals surface area contributed by atoms with E-state index in [9.17, 15) is 14.4 Å². The Labute approximate surface area is 145 Å². The Morgan fingerprint density at radius 1 is 1.28 bits per heavy atom. The minimum atomic E-state index is -0.825. The van der Waals surface area contributed by atoms with Crippen molar-refractivity contribution in [2.24, 2.45) is 5.92 Å². The molecule has 0 aromatic carbocycles. The fraction of sp³-hybridized carbons (Fsp3) is 0.471. The first-order valence-corrected chi connectivity index (χ1v) is 8.04. The summed E-state index contributed by atoms with van der Waals surface area (Å²) in [4.78, 5) is 36.1. The average Bonchev–Trinajstić information content (AvgIpc) is 2.98. The third-order valence-electron chi connectivity index (χ3n) is 3.52. The van der Waals surface area contributed by atoms with Crippen molar-refractivity contribution in [3.8, 4) is 0 Å². The lowest BCUT2D eigenvalue weighted by Gasteiger charge is -2.27. The van der Waals surface area contributed by atoms with E-state index >= 15 is 0 Å². The van der Waals surface area contributed by atoms with Gasteiger partial charge in [0, 0.05) is 0 Å². The molecule has 136 valence electrons. The van der Waals surface area contributed by atoms with Crippen LogP contribution in [-0.2, 0) is 19.1 Å². The third-order valence-corrected chi connectivity index (χ3v) is 3.52. The zero-order chi connectivity index (χ0) is 18.6. The molecule has 8 nitrogen and oxygen atoms in total. The van der Waals surface area contributed by atoms with Gasteiger partial charge in [-0.25, -0.2) is 9.59 Å². The van der Waals surface area contributed by atoms with Gasteiger partial charge in [-0.1, -0.05) is 13.8 Å². The van der Waals surface area contributed by atoms with Gasteiger partial charge in [0.2, 0.25) is 0 Å². The second-order valence-electron chi connectivity index (χ2n) is 5.85. The van der Waals surface area contributed by atoms with Crippen molar-refractivity contribution in [1.29, 1.82) is 0 Å². The van der Waals surface area contributed by atoms with Crippen LogP contribution in [0.25, 0.3) is 0 Å². The van der Waals surface area contributed by atoms with E-state index in [1.54, 1.807) is 39.8 Å². The molecule has 0 bridgehead atoms. The Morgan fingerprint density at radius 2 is 2.00 bits per heavy atom. The molecule has 1 aromatic heterocycles. The highest BCUT2D eigenvalue weighted by Gasteiger charge is 2.36. The SMILES string of the molecule is CCOC(=O)C1=C(COC(=O)C(C)C)NC(=O)N[C@H]1c1ccc(C)o1. The largest absolute Gasteiger partial charge is 0.464 e. The molecule has 1 aliphatic heterocycles. The van der Waals surface area contributed by atoms with Gasteiger partial charge in [-0.05, 0) is 26.0 Å². The van der Waals surface area contributed by atoms with E-state index in [2.05, 4.69) is 10.6 Å². The molecule has 8 heteroatoms. The van der Waals surface area contributed by atoms with Gasteiger partial charge in [0.15, 0.2) is 0 Å². The second kappa shape index (κ2) is 7.87. The molecular weight excluding hydrogens is 328 g/mol. The van der Waals surface area contributed by atoms with Crippen molar-refractivity contribution in [2.45, 2.75) is 33.7 Å². The van der Waals surface area contributed by atoms with Gasteiger partial charge in [0.1, 0.15) is 24.2 Å². The van der Waals surface area contributed by atoms with Gasteiger partial charge in [-0.15, -0.1) is 0 Å². The van der Waals surface area contributed by atoms with Crippen molar-refractivity contribution in [3.05, 3.63) is 34.9 Å². The normalized spacial score (nSPS) is 17.2. The first-order chi connectivity index (χ1) is 11.8. The number of ether oxygens (including phenoxy) is 2. The van der Waals surface area contributed by atoms with Crippen LogP contribution in [0.4, 0.5) is 4.79 Å². The molecule has 1 atom stereocenters. The maximum absolute atomic E-state index is 12.4. The predicted octanol–water partition coefficient (Wildman–Crippen LogP) is 1.96. The van der Waals surface area contributed by atoms with Gasteiger partial charge in [-0.2, -0.15) is 0 Å². The molecule has 2 amide bonds. The number of carbonyl (C=O) groups is 3. The molecule has 0 saturated heterocycles. The monoisotopic (exact) mass is 350 g/mol. The summed E-state index contributed by atoms with van der Waals surface area (Å²) < 4.78 is 15.8. The van der Waals surface area contributed by atoms with Gasteiger partial charge >= 0.3 is 18.0 Å². The Bertz CT molecular complexity index is 704. The smallest absolute Gasteiger partial charge is 0.338 e. The Balaban J connectivity index is 2.39. The molecular formula is C17H22N2O6. The zero-order valence-corrected chi connectivity index (χ0v) is 14.7. The predicted molar refractivity (Wildman–Crippen MR) is 87.3 cm³/mol. The number of aryl methyl sites for hydroxylation is 1. The summed E-state index contributed by atoms with van der Waals surface area (Å²) in [5.74, 6) is -0.354. The fourth-order valence-electron chi connectivity index (χ4n) is 2.31. The lowest BCUT2D eigenvalue weighted by molar-refractivity contribution is -0.147. The zero-order valence-electron chi connectivity index (χ0n) is 14.7. The van der Waals surface area contributed by atoms with Crippen molar-refractivity contribution in [2.75, 3.05) is 13.2 Å². The molecule has 0 saturated carbocycles. The number of rotatable bonds is 6.